The zero-order chi connectivity index (χ0) is 32.6. The van der Waals surface area contributed by atoms with Crippen LogP contribution in [0.5, 0.6) is 5.75 Å². The lowest BCUT2D eigenvalue weighted by Gasteiger charge is -2.36. The third-order valence-corrected chi connectivity index (χ3v) is 8.47. The molecule has 9 nitrogen and oxygen atoms in total. The maximum Gasteiger partial charge on any atom is 0.308 e. The molecule has 1 saturated heterocycles. The van der Waals surface area contributed by atoms with Gasteiger partial charge in [0.15, 0.2) is 29.0 Å². The van der Waals surface area contributed by atoms with E-state index < -0.39 is 47.2 Å². The van der Waals surface area contributed by atoms with Gasteiger partial charge in [-0.1, -0.05) is 19.3 Å². The maximum absolute atomic E-state index is 14.1. The minimum Gasteiger partial charge on any atom is -0.494 e. The zero-order valence-corrected chi connectivity index (χ0v) is 27.5. The highest BCUT2D eigenvalue weighted by atomic mass is 127. The lowest BCUT2D eigenvalue weighted by atomic mass is 10.1. The van der Waals surface area contributed by atoms with Gasteiger partial charge in [-0.05, 0) is 84.4 Å². The van der Waals surface area contributed by atoms with Crippen molar-refractivity contribution in [2.24, 2.45) is 0 Å². The van der Waals surface area contributed by atoms with E-state index in [0.29, 0.717) is 39.0 Å². The van der Waals surface area contributed by atoms with Gasteiger partial charge in [-0.3, -0.25) is 9.80 Å². The fourth-order valence-corrected chi connectivity index (χ4v) is 5.56. The number of piperazine rings is 1. The Balaban J connectivity index is 1.18. The van der Waals surface area contributed by atoms with E-state index >= 15 is 0 Å². The van der Waals surface area contributed by atoms with Gasteiger partial charge in [0.2, 0.25) is 0 Å². The number of halogens is 5. The summed E-state index contributed by atoms with van der Waals surface area (Å²) >= 11 is 2.26. The highest BCUT2D eigenvalue weighted by Crippen LogP contribution is 2.28. The molecule has 2 aromatic rings. The number of ether oxygens (including phenoxy) is 2. The third-order valence-electron chi connectivity index (χ3n) is 7.76. The summed E-state index contributed by atoms with van der Waals surface area (Å²) < 4.78 is 68.0. The highest BCUT2D eigenvalue weighted by Gasteiger charge is 2.28. The van der Waals surface area contributed by atoms with Crippen LogP contribution in [-0.2, 0) is 11.3 Å². The number of hydrogen-bond acceptors (Lipinski definition) is 8. The molecule has 0 bridgehead atoms. The molecule has 0 aliphatic carbocycles. The molecule has 1 aliphatic rings. The molecule has 0 spiro atoms. The molecule has 1 fully saturated rings. The van der Waals surface area contributed by atoms with E-state index in [2.05, 4.69) is 37.5 Å². The van der Waals surface area contributed by atoms with Crippen molar-refractivity contribution in [1.29, 1.82) is 5.39 Å². The van der Waals surface area contributed by atoms with Crippen LogP contribution in [-0.4, -0.2) is 84.7 Å². The largest absolute Gasteiger partial charge is 0.494 e. The maximum atomic E-state index is 14.1. The molecule has 2 atom stereocenters. The molecule has 250 valence electrons. The van der Waals surface area contributed by atoms with Crippen LogP contribution in [0.1, 0.15) is 56.9 Å². The molecule has 1 aliphatic heterocycles. The summed E-state index contributed by atoms with van der Waals surface area (Å²) in [4.78, 5) is 4.49. The Morgan fingerprint density at radius 2 is 1.29 bits per heavy atom. The number of benzene rings is 2. The average molecular weight is 753 g/mol. The minimum absolute atomic E-state index is 0.125. The van der Waals surface area contributed by atoms with E-state index in [1.807, 2.05) is 24.3 Å². The van der Waals surface area contributed by atoms with Crippen molar-refractivity contribution in [3.05, 3.63) is 61.8 Å². The van der Waals surface area contributed by atoms with Gasteiger partial charge in [-0.15, -0.1) is 0 Å². The number of rotatable bonds is 20. The van der Waals surface area contributed by atoms with Crippen LogP contribution in [0.2, 0.25) is 0 Å². The van der Waals surface area contributed by atoms with E-state index in [0.717, 1.165) is 64.0 Å². The first kappa shape index (κ1) is 37.2. The average Bonchev–Trinajstić information content (AvgIpc) is 3.02. The summed E-state index contributed by atoms with van der Waals surface area (Å²) in [6, 6.07) is 7.99. The Morgan fingerprint density at radius 3 is 1.80 bits per heavy atom. The van der Waals surface area contributed by atoms with Crippen molar-refractivity contribution >= 4 is 28.3 Å². The van der Waals surface area contributed by atoms with Crippen LogP contribution in [0, 0.1) is 32.2 Å². The Morgan fingerprint density at radius 1 is 0.778 bits per heavy atom. The van der Waals surface area contributed by atoms with E-state index in [1.54, 1.807) is 0 Å². The van der Waals surface area contributed by atoms with E-state index in [-0.39, 0.29) is 12.7 Å². The molecule has 3 rings (SSSR count). The van der Waals surface area contributed by atoms with Crippen molar-refractivity contribution in [3.8, 4) is 5.75 Å². The molecular weight excluding hydrogens is 709 g/mol. The van der Waals surface area contributed by atoms with Gasteiger partial charge in [0.25, 0.3) is 5.39 Å². The van der Waals surface area contributed by atoms with Crippen LogP contribution in [0.25, 0.3) is 5.08 Å². The summed E-state index contributed by atoms with van der Waals surface area (Å²) in [6.07, 6.45) is 5.44. The van der Waals surface area contributed by atoms with Crippen molar-refractivity contribution < 1.29 is 37.2 Å². The molecule has 0 unspecified atom stereocenters. The van der Waals surface area contributed by atoms with Gasteiger partial charge in [0.05, 0.1) is 31.0 Å². The number of nitrogens with zero attached hydrogens (tertiary/aromatic N) is 4. The monoisotopic (exact) mass is 752 g/mol. The summed E-state index contributed by atoms with van der Waals surface area (Å²) in [5.74, 6) is -5.77. The number of aliphatic hydroxyl groups is 2. The number of hydrogen-bond donors (Lipinski definition) is 3. The smallest absolute Gasteiger partial charge is 0.308 e. The quantitative estimate of drug-likeness (QED) is 0.0374. The van der Waals surface area contributed by atoms with Gasteiger partial charge in [-0.2, -0.15) is 0 Å². The predicted molar refractivity (Wildman–Crippen MR) is 171 cm³/mol. The lowest BCUT2D eigenvalue weighted by Crippen LogP contribution is -2.50. The minimum atomic E-state index is -1.71. The Hall–Kier alpha value is -2.29. The van der Waals surface area contributed by atoms with Crippen molar-refractivity contribution in [2.45, 2.75) is 70.2 Å². The first-order valence-corrected chi connectivity index (χ1v) is 16.5. The first-order chi connectivity index (χ1) is 21.7. The summed E-state index contributed by atoms with van der Waals surface area (Å²) in [5, 5.41) is 31.6. The molecular formula is C31H43F4IN5O4+. The number of diazo groups is 1. The highest BCUT2D eigenvalue weighted by molar-refractivity contribution is 14.1. The van der Waals surface area contributed by atoms with Gasteiger partial charge >= 0.3 is 5.08 Å². The van der Waals surface area contributed by atoms with Crippen LogP contribution in [0.15, 0.2) is 24.3 Å². The molecule has 0 aromatic heterocycles. The number of unbranched alkanes of at least 4 members (excludes halogenated alkanes) is 4. The molecule has 14 heteroatoms. The summed E-state index contributed by atoms with van der Waals surface area (Å²) in [5.41, 5.74) is -0.635. The molecule has 0 amide bonds. The van der Waals surface area contributed by atoms with Gasteiger partial charge in [-0.25, -0.2) is 17.6 Å². The number of anilines is 1. The summed E-state index contributed by atoms with van der Waals surface area (Å²) in [7, 11) is 0. The predicted octanol–water partition coefficient (Wildman–Crippen LogP) is 6.08. The van der Waals surface area contributed by atoms with E-state index in [4.69, 9.17) is 14.9 Å². The van der Waals surface area contributed by atoms with Crippen LogP contribution >= 0.6 is 22.6 Å². The third kappa shape index (κ3) is 12.8. The summed E-state index contributed by atoms with van der Waals surface area (Å²) in [6.45, 7) is 4.71. The second-order valence-corrected chi connectivity index (χ2v) is 12.5. The molecule has 0 radical (unpaired) electrons. The molecule has 45 heavy (non-hydrogen) atoms. The Bertz CT molecular complexity index is 1190. The van der Waals surface area contributed by atoms with E-state index in [9.17, 15) is 27.8 Å². The van der Waals surface area contributed by atoms with Crippen LogP contribution in [0.3, 0.4) is 0 Å². The molecule has 2 aromatic carbocycles. The second-order valence-electron chi connectivity index (χ2n) is 11.3. The Labute approximate surface area is 275 Å². The van der Waals surface area contributed by atoms with Gasteiger partial charge in [0, 0.05) is 49.4 Å². The van der Waals surface area contributed by atoms with Crippen LogP contribution in [0.4, 0.5) is 23.2 Å². The fraction of sp³-hybridized carbons (Fsp3) is 0.613. The number of nitrogens with one attached hydrogen (secondary N) is 1. The van der Waals surface area contributed by atoms with Crippen molar-refractivity contribution in [1.82, 2.24) is 9.80 Å². The lowest BCUT2D eigenvalue weighted by molar-refractivity contribution is 0.0430. The topological polar surface area (TPSA) is 106 Å². The van der Waals surface area contributed by atoms with Crippen molar-refractivity contribution in [2.75, 3.05) is 57.9 Å². The first-order valence-electron chi connectivity index (χ1n) is 15.4. The standard InChI is InChI=1S/C31H43F4IN5O4/c32-27-26(28(33)30(35)31(29(27)34)38-39-37)21-44-17-5-1-3-7-23(42)19-40-13-15-41(16-14-40)20-24(43)8-4-2-6-18-45-25-11-9-22(36)10-12-25/h9-12,23-24,38,42-43H,1-8,13-21H2/q+1/t23-,24-/m1/s1. The van der Waals surface area contributed by atoms with Gasteiger partial charge < -0.3 is 19.7 Å². The number of β-amino-alcohol motifs (C(OH)–C–C–N with tert-alkyl or cyclic N) is 2. The second kappa shape index (κ2) is 20.1. The number of aliphatic hydroxyl groups excluding tert-OH is 2. The SMILES string of the molecule is N#[N+]Nc1c(F)c(F)c(COCCCCC[C@@H](O)CN2CCN(C[C@H](O)CCCCCOc3ccc(I)cc3)CC2)c(F)c1F. The molecule has 3 N–H and O–H groups in total. The van der Waals surface area contributed by atoms with Gasteiger partial charge in [0.1, 0.15) is 5.75 Å². The van der Waals surface area contributed by atoms with Crippen LogP contribution < -0.4 is 10.2 Å². The Kier molecular flexibility index (Phi) is 16.6. The fourth-order valence-electron chi connectivity index (χ4n) is 5.20. The van der Waals surface area contributed by atoms with Crippen molar-refractivity contribution in [3.63, 3.8) is 0 Å². The molecule has 0 saturated carbocycles. The normalized spacial score (nSPS) is 15.5. The van der Waals surface area contributed by atoms with E-state index in [1.165, 1.54) is 9.00 Å². The molecule has 1 heterocycles. The zero-order valence-electron chi connectivity index (χ0n) is 25.4.